The number of alkyl halides is 3. The van der Waals surface area contributed by atoms with Gasteiger partial charge in [0, 0.05) is 56.1 Å². The van der Waals surface area contributed by atoms with Crippen molar-refractivity contribution >= 4 is 5.97 Å². The number of carbonyl (C=O) groups is 1. The Bertz CT molecular complexity index is 856. The first-order valence-electron chi connectivity index (χ1n) is 10.3. The van der Waals surface area contributed by atoms with Gasteiger partial charge in [0.05, 0.1) is 5.69 Å². The highest BCUT2D eigenvalue weighted by Crippen LogP contribution is 2.26. The van der Waals surface area contributed by atoms with Crippen LogP contribution >= 0.6 is 0 Å². The highest BCUT2D eigenvalue weighted by Gasteiger charge is 2.38. The van der Waals surface area contributed by atoms with Gasteiger partial charge in [-0.05, 0) is 25.2 Å². The van der Waals surface area contributed by atoms with Crippen LogP contribution in [0.15, 0.2) is 36.7 Å². The zero-order valence-corrected chi connectivity index (χ0v) is 17.1. The molecule has 1 aromatic carbocycles. The van der Waals surface area contributed by atoms with Crippen molar-refractivity contribution in [3.8, 4) is 11.3 Å². The molecule has 0 spiro atoms. The van der Waals surface area contributed by atoms with Crippen LogP contribution in [-0.2, 0) is 22.4 Å². The molecule has 31 heavy (non-hydrogen) atoms. The summed E-state index contributed by atoms with van der Waals surface area (Å²) in [5.41, 5.74) is 4.90. The first-order valence-corrected chi connectivity index (χ1v) is 10.3. The number of nitrogens with zero attached hydrogens (tertiary/aromatic N) is 3. The lowest BCUT2D eigenvalue weighted by Crippen LogP contribution is -2.34. The van der Waals surface area contributed by atoms with E-state index in [2.05, 4.69) is 45.2 Å². The van der Waals surface area contributed by atoms with Crippen LogP contribution in [0, 0.1) is 5.92 Å². The predicted molar refractivity (Wildman–Crippen MR) is 109 cm³/mol. The van der Waals surface area contributed by atoms with Crippen LogP contribution in [0.3, 0.4) is 0 Å². The molecule has 0 unspecified atom stereocenters. The molecule has 1 aromatic heterocycles. The van der Waals surface area contributed by atoms with Crippen molar-refractivity contribution in [1.82, 2.24) is 14.9 Å². The molecular formula is C22H26F3N3O3. The van der Waals surface area contributed by atoms with E-state index in [-0.39, 0.29) is 0 Å². The van der Waals surface area contributed by atoms with Crippen LogP contribution < -0.4 is 0 Å². The highest BCUT2D eigenvalue weighted by atomic mass is 19.4. The molecule has 2 aliphatic rings. The van der Waals surface area contributed by atoms with E-state index in [1.54, 1.807) is 6.33 Å². The van der Waals surface area contributed by atoms with Gasteiger partial charge in [-0.2, -0.15) is 13.2 Å². The summed E-state index contributed by atoms with van der Waals surface area (Å²) in [4.78, 5) is 20.7. The molecule has 0 amide bonds. The predicted octanol–water partition coefficient (Wildman–Crippen LogP) is 3.60. The van der Waals surface area contributed by atoms with Gasteiger partial charge in [0.1, 0.15) is 6.33 Å². The minimum absolute atomic E-state index is 0.791. The Morgan fingerprint density at radius 3 is 2.39 bits per heavy atom. The summed E-state index contributed by atoms with van der Waals surface area (Å²) in [7, 11) is 0. The fourth-order valence-electron chi connectivity index (χ4n) is 3.89. The average molecular weight is 437 g/mol. The molecule has 0 bridgehead atoms. The molecule has 0 aliphatic carbocycles. The summed E-state index contributed by atoms with van der Waals surface area (Å²) >= 11 is 0. The SMILES string of the molecule is O=C(O)C(F)(F)F.c1ccc(-c2ncnc3c2CCN(CC2CCOCC2)CC3)cc1. The van der Waals surface area contributed by atoms with Gasteiger partial charge in [-0.3, -0.25) is 0 Å². The Kier molecular flexibility index (Phi) is 7.97. The number of hydrogen-bond acceptors (Lipinski definition) is 5. The zero-order chi connectivity index (χ0) is 22.3. The number of carboxylic acid groups (broad SMARTS) is 1. The van der Waals surface area contributed by atoms with Crippen LogP contribution in [0.1, 0.15) is 24.1 Å². The molecule has 1 N–H and O–H groups in total. The zero-order valence-electron chi connectivity index (χ0n) is 17.1. The van der Waals surface area contributed by atoms with Crippen LogP contribution in [-0.4, -0.2) is 65.0 Å². The van der Waals surface area contributed by atoms with Gasteiger partial charge in [-0.25, -0.2) is 14.8 Å². The van der Waals surface area contributed by atoms with Crippen molar-refractivity contribution in [2.45, 2.75) is 31.9 Å². The molecule has 0 atom stereocenters. The van der Waals surface area contributed by atoms with Crippen LogP contribution in [0.4, 0.5) is 13.2 Å². The van der Waals surface area contributed by atoms with E-state index < -0.39 is 12.1 Å². The second kappa shape index (κ2) is 10.7. The van der Waals surface area contributed by atoms with E-state index in [1.807, 2.05) is 0 Å². The van der Waals surface area contributed by atoms with Crippen LogP contribution in [0.2, 0.25) is 0 Å². The Balaban J connectivity index is 0.000000339. The first-order chi connectivity index (χ1) is 14.8. The summed E-state index contributed by atoms with van der Waals surface area (Å²) in [6.45, 7) is 5.28. The molecule has 4 rings (SSSR count). The molecule has 0 radical (unpaired) electrons. The van der Waals surface area contributed by atoms with Crippen molar-refractivity contribution < 1.29 is 27.8 Å². The van der Waals surface area contributed by atoms with Crippen molar-refractivity contribution in [2.24, 2.45) is 5.92 Å². The van der Waals surface area contributed by atoms with Crippen molar-refractivity contribution in [3.05, 3.63) is 47.9 Å². The van der Waals surface area contributed by atoms with Gasteiger partial charge in [-0.1, -0.05) is 30.3 Å². The van der Waals surface area contributed by atoms with Crippen molar-refractivity contribution in [2.75, 3.05) is 32.8 Å². The molecule has 9 heteroatoms. The molecule has 6 nitrogen and oxygen atoms in total. The molecule has 0 saturated carbocycles. The topological polar surface area (TPSA) is 75.5 Å². The number of halogens is 3. The normalized spacial score (nSPS) is 17.8. The smallest absolute Gasteiger partial charge is 0.475 e. The van der Waals surface area contributed by atoms with Crippen LogP contribution in [0.5, 0.6) is 0 Å². The molecule has 168 valence electrons. The number of aliphatic carboxylic acids is 1. The molecular weight excluding hydrogens is 411 g/mol. The number of aromatic nitrogens is 2. The quantitative estimate of drug-likeness (QED) is 0.791. The summed E-state index contributed by atoms with van der Waals surface area (Å²) in [5.74, 6) is -1.97. The maximum Gasteiger partial charge on any atom is 0.490 e. The lowest BCUT2D eigenvalue weighted by molar-refractivity contribution is -0.192. The van der Waals surface area contributed by atoms with E-state index in [9.17, 15) is 13.2 Å². The molecule has 1 fully saturated rings. The van der Waals surface area contributed by atoms with E-state index in [1.165, 1.54) is 36.2 Å². The third-order valence-corrected chi connectivity index (χ3v) is 5.52. The first kappa shape index (κ1) is 23.1. The summed E-state index contributed by atoms with van der Waals surface area (Å²) < 4.78 is 37.2. The second-order valence-corrected chi connectivity index (χ2v) is 7.67. The second-order valence-electron chi connectivity index (χ2n) is 7.67. The lowest BCUT2D eigenvalue weighted by atomic mass is 9.99. The average Bonchev–Trinajstić information content (AvgIpc) is 2.97. The van der Waals surface area contributed by atoms with Crippen molar-refractivity contribution in [3.63, 3.8) is 0 Å². The third kappa shape index (κ3) is 6.73. The number of ether oxygens (including phenoxy) is 1. The van der Waals surface area contributed by atoms with E-state index >= 15 is 0 Å². The van der Waals surface area contributed by atoms with Gasteiger partial charge < -0.3 is 14.7 Å². The van der Waals surface area contributed by atoms with Gasteiger partial charge in [0.2, 0.25) is 0 Å². The van der Waals surface area contributed by atoms with Crippen molar-refractivity contribution in [1.29, 1.82) is 0 Å². The third-order valence-electron chi connectivity index (χ3n) is 5.52. The Morgan fingerprint density at radius 1 is 1.10 bits per heavy atom. The van der Waals surface area contributed by atoms with Gasteiger partial charge in [0.15, 0.2) is 0 Å². The maximum atomic E-state index is 10.6. The molecule has 2 aromatic rings. The Labute approximate surface area is 179 Å². The Morgan fingerprint density at radius 2 is 1.74 bits per heavy atom. The standard InChI is InChI=1S/C20H25N3O.C2HF3O2/c1-2-4-17(5-3-1)20-18-6-10-23(11-7-19(18)21-15-22-20)14-16-8-12-24-13-9-16;3-2(4,5)1(6)7/h1-5,15-16H,6-14H2;(H,6,7). The Hall–Kier alpha value is -2.52. The molecule has 3 heterocycles. The van der Waals surface area contributed by atoms with E-state index in [4.69, 9.17) is 14.6 Å². The monoisotopic (exact) mass is 437 g/mol. The van der Waals surface area contributed by atoms with Gasteiger partial charge in [0.25, 0.3) is 0 Å². The molecule has 1 saturated heterocycles. The highest BCUT2D eigenvalue weighted by molar-refractivity contribution is 5.73. The van der Waals surface area contributed by atoms with Gasteiger partial charge >= 0.3 is 12.1 Å². The minimum Gasteiger partial charge on any atom is -0.475 e. The lowest BCUT2D eigenvalue weighted by Gasteiger charge is -2.28. The van der Waals surface area contributed by atoms with E-state index in [0.29, 0.717) is 0 Å². The number of rotatable bonds is 3. The minimum atomic E-state index is -5.08. The number of carboxylic acids is 1. The number of hydrogen-bond donors (Lipinski definition) is 1. The summed E-state index contributed by atoms with van der Waals surface area (Å²) in [6, 6.07) is 10.5. The number of fused-ring (bicyclic) bond motifs is 1. The molecule has 2 aliphatic heterocycles. The summed E-state index contributed by atoms with van der Waals surface area (Å²) in [6.07, 6.45) is 1.14. The van der Waals surface area contributed by atoms with Gasteiger partial charge in [-0.15, -0.1) is 0 Å². The maximum absolute atomic E-state index is 10.6. The van der Waals surface area contributed by atoms with Crippen LogP contribution in [0.25, 0.3) is 11.3 Å². The largest absolute Gasteiger partial charge is 0.490 e. The van der Waals surface area contributed by atoms with E-state index in [0.717, 1.165) is 50.8 Å². The fraction of sp³-hybridized carbons (Fsp3) is 0.500. The number of benzene rings is 1. The summed E-state index contributed by atoms with van der Waals surface area (Å²) in [5, 5.41) is 7.12. The fourth-order valence-corrected chi connectivity index (χ4v) is 3.89.